The molecule has 2 nitrogen and oxygen atoms in total. The SMILES string of the molecule is CC(C)(C)C(=O)C=C(C1=CCCCC1)N1CCCCC1. The van der Waals surface area contributed by atoms with Gasteiger partial charge in [-0.15, -0.1) is 0 Å². The van der Waals surface area contributed by atoms with E-state index in [0.717, 1.165) is 19.5 Å². The highest BCUT2D eigenvalue weighted by atomic mass is 16.1. The van der Waals surface area contributed by atoms with Crippen molar-refractivity contribution in [2.45, 2.75) is 65.7 Å². The molecule has 1 fully saturated rings. The topological polar surface area (TPSA) is 20.3 Å². The molecule has 112 valence electrons. The quantitative estimate of drug-likeness (QED) is 0.708. The lowest BCUT2D eigenvalue weighted by Crippen LogP contribution is -2.31. The third-order valence-corrected chi connectivity index (χ3v) is 4.32. The van der Waals surface area contributed by atoms with Gasteiger partial charge >= 0.3 is 0 Å². The first-order chi connectivity index (χ1) is 9.48. The van der Waals surface area contributed by atoms with Gasteiger partial charge in [-0.05, 0) is 50.5 Å². The Morgan fingerprint density at radius 1 is 1.10 bits per heavy atom. The van der Waals surface area contributed by atoms with Crippen molar-refractivity contribution < 1.29 is 4.79 Å². The number of carbonyl (C=O) groups is 1. The van der Waals surface area contributed by atoms with Crippen LogP contribution in [-0.4, -0.2) is 23.8 Å². The lowest BCUT2D eigenvalue weighted by Gasteiger charge is -2.33. The second-order valence-electron chi connectivity index (χ2n) is 7.17. The van der Waals surface area contributed by atoms with Gasteiger partial charge in [0.15, 0.2) is 5.78 Å². The van der Waals surface area contributed by atoms with Gasteiger partial charge in [-0.3, -0.25) is 4.79 Å². The number of likely N-dealkylation sites (tertiary alicyclic amines) is 1. The molecular weight excluding hydrogens is 246 g/mol. The van der Waals surface area contributed by atoms with Crippen LogP contribution >= 0.6 is 0 Å². The van der Waals surface area contributed by atoms with E-state index in [1.54, 1.807) is 0 Å². The van der Waals surface area contributed by atoms with Crippen molar-refractivity contribution in [3.05, 3.63) is 23.4 Å². The number of ketones is 1. The van der Waals surface area contributed by atoms with Crippen molar-refractivity contribution in [1.29, 1.82) is 0 Å². The van der Waals surface area contributed by atoms with Crippen LogP contribution < -0.4 is 0 Å². The first kappa shape index (κ1) is 15.3. The van der Waals surface area contributed by atoms with Crippen LogP contribution in [0.15, 0.2) is 23.4 Å². The zero-order valence-corrected chi connectivity index (χ0v) is 13.4. The third-order valence-electron chi connectivity index (χ3n) is 4.32. The highest BCUT2D eigenvalue weighted by molar-refractivity contribution is 5.95. The molecule has 1 aliphatic carbocycles. The average molecular weight is 275 g/mol. The number of piperidine rings is 1. The maximum Gasteiger partial charge on any atom is 0.163 e. The molecule has 0 aromatic rings. The van der Waals surface area contributed by atoms with Crippen molar-refractivity contribution in [3.63, 3.8) is 0 Å². The second kappa shape index (κ2) is 6.60. The molecule has 1 heterocycles. The molecule has 20 heavy (non-hydrogen) atoms. The largest absolute Gasteiger partial charge is 0.371 e. The van der Waals surface area contributed by atoms with E-state index in [1.165, 1.54) is 49.8 Å². The first-order valence-corrected chi connectivity index (χ1v) is 8.19. The molecule has 0 atom stereocenters. The Hall–Kier alpha value is -1.05. The summed E-state index contributed by atoms with van der Waals surface area (Å²) in [5.74, 6) is 0.254. The van der Waals surface area contributed by atoms with Gasteiger partial charge in [0.25, 0.3) is 0 Å². The summed E-state index contributed by atoms with van der Waals surface area (Å²) >= 11 is 0. The van der Waals surface area contributed by atoms with Gasteiger partial charge in [0.2, 0.25) is 0 Å². The number of carbonyl (C=O) groups excluding carboxylic acids is 1. The fourth-order valence-electron chi connectivity index (χ4n) is 2.93. The summed E-state index contributed by atoms with van der Waals surface area (Å²) in [6.07, 6.45) is 13.0. The lowest BCUT2D eigenvalue weighted by atomic mass is 9.88. The third kappa shape index (κ3) is 3.97. The Bertz CT molecular complexity index is 406. The standard InChI is InChI=1S/C18H29NO/c1-18(2,3)17(20)14-16(15-10-6-4-7-11-15)19-12-8-5-9-13-19/h10,14H,4-9,11-13H2,1-3H3. The molecule has 0 saturated carbocycles. The van der Waals surface area contributed by atoms with Crippen LogP contribution in [0.5, 0.6) is 0 Å². The molecule has 2 aliphatic rings. The van der Waals surface area contributed by atoms with E-state index in [2.05, 4.69) is 11.0 Å². The molecule has 2 heteroatoms. The van der Waals surface area contributed by atoms with Crippen LogP contribution in [0.4, 0.5) is 0 Å². The molecule has 2 rings (SSSR count). The number of rotatable bonds is 3. The Labute approximate surface area is 123 Å². The number of hydrogen-bond donors (Lipinski definition) is 0. The fourth-order valence-corrected chi connectivity index (χ4v) is 2.93. The van der Waals surface area contributed by atoms with Crippen LogP contribution in [0.1, 0.15) is 65.7 Å². The van der Waals surface area contributed by atoms with Crippen molar-refractivity contribution in [3.8, 4) is 0 Å². The summed E-state index contributed by atoms with van der Waals surface area (Å²) < 4.78 is 0. The van der Waals surface area contributed by atoms with Gasteiger partial charge in [-0.25, -0.2) is 0 Å². The molecule has 0 aromatic heterocycles. The van der Waals surface area contributed by atoms with Gasteiger partial charge in [-0.2, -0.15) is 0 Å². The zero-order valence-electron chi connectivity index (χ0n) is 13.4. The van der Waals surface area contributed by atoms with E-state index >= 15 is 0 Å². The van der Waals surface area contributed by atoms with Crippen molar-refractivity contribution in [2.24, 2.45) is 5.41 Å². The van der Waals surface area contributed by atoms with Crippen molar-refractivity contribution >= 4 is 5.78 Å². The average Bonchev–Trinajstić information content (AvgIpc) is 2.45. The number of nitrogens with zero attached hydrogens (tertiary/aromatic N) is 1. The predicted octanol–water partition coefficient (Wildman–Crippen LogP) is 4.47. The minimum absolute atomic E-state index is 0.254. The normalized spacial score (nSPS) is 21.6. The summed E-state index contributed by atoms with van der Waals surface area (Å²) in [5, 5.41) is 0. The minimum atomic E-state index is -0.281. The predicted molar refractivity (Wildman–Crippen MR) is 84.5 cm³/mol. The summed E-state index contributed by atoms with van der Waals surface area (Å²) in [6, 6.07) is 0. The summed E-state index contributed by atoms with van der Waals surface area (Å²) in [5.41, 5.74) is 2.36. The Morgan fingerprint density at radius 2 is 1.80 bits per heavy atom. The first-order valence-electron chi connectivity index (χ1n) is 8.19. The van der Waals surface area contributed by atoms with Gasteiger partial charge in [0, 0.05) is 30.3 Å². The smallest absolute Gasteiger partial charge is 0.163 e. The maximum atomic E-state index is 12.4. The molecule has 0 radical (unpaired) electrons. The molecule has 1 aliphatic heterocycles. The Kier molecular flexibility index (Phi) is 5.06. The fraction of sp³-hybridized carbons (Fsp3) is 0.722. The van der Waals surface area contributed by atoms with E-state index < -0.39 is 0 Å². The summed E-state index contributed by atoms with van der Waals surface area (Å²) in [4.78, 5) is 14.9. The Morgan fingerprint density at radius 3 is 2.35 bits per heavy atom. The molecule has 0 N–H and O–H groups in total. The lowest BCUT2D eigenvalue weighted by molar-refractivity contribution is -0.121. The Balaban J connectivity index is 2.25. The van der Waals surface area contributed by atoms with E-state index in [9.17, 15) is 4.79 Å². The van der Waals surface area contributed by atoms with E-state index in [-0.39, 0.29) is 11.2 Å². The number of allylic oxidation sites excluding steroid dienone is 3. The second-order valence-corrected chi connectivity index (χ2v) is 7.17. The molecule has 0 amide bonds. The van der Waals surface area contributed by atoms with Crippen molar-refractivity contribution in [2.75, 3.05) is 13.1 Å². The molecule has 0 unspecified atom stereocenters. The molecular formula is C18H29NO. The maximum absolute atomic E-state index is 12.4. The van der Waals surface area contributed by atoms with E-state index in [4.69, 9.17) is 0 Å². The number of hydrogen-bond acceptors (Lipinski definition) is 2. The highest BCUT2D eigenvalue weighted by Gasteiger charge is 2.24. The summed E-state index contributed by atoms with van der Waals surface area (Å²) in [6.45, 7) is 8.25. The van der Waals surface area contributed by atoms with Gasteiger partial charge < -0.3 is 4.90 Å². The van der Waals surface area contributed by atoms with Gasteiger partial charge in [-0.1, -0.05) is 26.8 Å². The van der Waals surface area contributed by atoms with Crippen LogP contribution in [0, 0.1) is 5.41 Å². The van der Waals surface area contributed by atoms with E-state index in [0.29, 0.717) is 0 Å². The minimum Gasteiger partial charge on any atom is -0.371 e. The van der Waals surface area contributed by atoms with Gasteiger partial charge in [0.1, 0.15) is 0 Å². The van der Waals surface area contributed by atoms with Crippen LogP contribution in [0.3, 0.4) is 0 Å². The van der Waals surface area contributed by atoms with Crippen molar-refractivity contribution in [1.82, 2.24) is 4.90 Å². The molecule has 0 spiro atoms. The van der Waals surface area contributed by atoms with Gasteiger partial charge in [0.05, 0.1) is 0 Å². The van der Waals surface area contributed by atoms with Crippen LogP contribution in [0.2, 0.25) is 0 Å². The van der Waals surface area contributed by atoms with Crippen LogP contribution in [-0.2, 0) is 4.79 Å². The zero-order chi connectivity index (χ0) is 14.6. The monoisotopic (exact) mass is 275 g/mol. The highest BCUT2D eigenvalue weighted by Crippen LogP contribution is 2.29. The molecule has 0 bridgehead atoms. The molecule has 0 aromatic carbocycles. The molecule has 1 saturated heterocycles. The summed E-state index contributed by atoms with van der Waals surface area (Å²) in [7, 11) is 0. The van der Waals surface area contributed by atoms with Crippen LogP contribution in [0.25, 0.3) is 0 Å². The van der Waals surface area contributed by atoms with E-state index in [1.807, 2.05) is 26.8 Å².